The van der Waals surface area contributed by atoms with Crippen LogP contribution >= 0.6 is 0 Å². The Morgan fingerprint density at radius 2 is 1.96 bits per heavy atom. The topological polar surface area (TPSA) is 58.6 Å². The molecule has 0 bridgehead atoms. The number of hydrogen-bond donors (Lipinski definition) is 0. The molecule has 0 radical (unpaired) electrons. The first kappa shape index (κ1) is 18.1. The van der Waals surface area contributed by atoms with Gasteiger partial charge in [-0.3, -0.25) is 4.79 Å². The molecule has 3 heterocycles. The van der Waals surface area contributed by atoms with Gasteiger partial charge in [-0.2, -0.15) is 0 Å². The van der Waals surface area contributed by atoms with Crippen molar-refractivity contribution < 1.29 is 9.53 Å². The first-order valence-electron chi connectivity index (χ1n) is 9.58. The molecule has 0 unspecified atom stereocenters. The number of carbonyl (C=O) groups is 1. The highest BCUT2D eigenvalue weighted by molar-refractivity contribution is 5.78. The molecule has 6 heteroatoms. The Balaban J connectivity index is 1.68. The number of likely N-dealkylation sites (tertiary alicyclic amines) is 1. The Bertz CT molecular complexity index is 587. The molecular formula is C19H30N4O2. The van der Waals surface area contributed by atoms with E-state index >= 15 is 0 Å². The van der Waals surface area contributed by atoms with E-state index < -0.39 is 0 Å². The minimum Gasteiger partial charge on any atom is -0.383 e. The fraction of sp³-hybridized carbons (Fsp3) is 0.737. The Hall–Kier alpha value is -1.69. The number of nitrogens with zero attached hydrogens (tertiary/aromatic N) is 4. The van der Waals surface area contributed by atoms with E-state index in [1.807, 2.05) is 4.90 Å². The van der Waals surface area contributed by atoms with E-state index in [2.05, 4.69) is 17.9 Å². The molecule has 138 valence electrons. The summed E-state index contributed by atoms with van der Waals surface area (Å²) in [6.45, 7) is 6.35. The number of rotatable bonds is 7. The SMILES string of the molecule is CCc1cc(C[C@@H]2CC(=O)N(CCOC)C2)nc(N2CCCCC2)n1. The molecule has 1 atom stereocenters. The lowest BCUT2D eigenvalue weighted by Crippen LogP contribution is -2.31. The molecule has 2 aliphatic rings. The van der Waals surface area contributed by atoms with Crippen molar-refractivity contribution in [2.75, 3.05) is 44.8 Å². The summed E-state index contributed by atoms with van der Waals surface area (Å²) >= 11 is 0. The van der Waals surface area contributed by atoms with E-state index in [-0.39, 0.29) is 5.91 Å². The summed E-state index contributed by atoms with van der Waals surface area (Å²) in [7, 11) is 1.67. The fourth-order valence-corrected chi connectivity index (χ4v) is 3.76. The number of ether oxygens (including phenoxy) is 1. The number of piperidine rings is 1. The quantitative estimate of drug-likeness (QED) is 0.756. The van der Waals surface area contributed by atoms with Crippen molar-refractivity contribution in [2.45, 2.75) is 45.4 Å². The molecule has 2 fully saturated rings. The third-order valence-electron chi connectivity index (χ3n) is 5.18. The molecule has 2 aliphatic heterocycles. The van der Waals surface area contributed by atoms with Crippen LogP contribution in [0.25, 0.3) is 0 Å². The summed E-state index contributed by atoms with van der Waals surface area (Å²) in [4.78, 5) is 26.0. The van der Waals surface area contributed by atoms with Crippen molar-refractivity contribution in [3.8, 4) is 0 Å². The van der Waals surface area contributed by atoms with Gasteiger partial charge in [-0.25, -0.2) is 9.97 Å². The van der Waals surface area contributed by atoms with Gasteiger partial charge in [0, 0.05) is 51.1 Å². The number of hydrogen-bond acceptors (Lipinski definition) is 5. The van der Waals surface area contributed by atoms with Crippen LogP contribution in [0.15, 0.2) is 6.07 Å². The summed E-state index contributed by atoms with van der Waals surface area (Å²) in [5.74, 6) is 1.47. The summed E-state index contributed by atoms with van der Waals surface area (Å²) in [6.07, 6.45) is 6.14. The Labute approximate surface area is 150 Å². The van der Waals surface area contributed by atoms with Crippen LogP contribution in [0.4, 0.5) is 5.95 Å². The first-order valence-corrected chi connectivity index (χ1v) is 9.58. The maximum atomic E-state index is 12.1. The van der Waals surface area contributed by atoms with Crippen LogP contribution in [0.3, 0.4) is 0 Å². The largest absolute Gasteiger partial charge is 0.383 e. The zero-order valence-electron chi connectivity index (χ0n) is 15.5. The second kappa shape index (κ2) is 8.61. The van der Waals surface area contributed by atoms with Gasteiger partial charge in [0.2, 0.25) is 11.9 Å². The summed E-state index contributed by atoms with van der Waals surface area (Å²) in [6, 6.07) is 2.12. The van der Waals surface area contributed by atoms with Crippen molar-refractivity contribution in [1.82, 2.24) is 14.9 Å². The zero-order valence-corrected chi connectivity index (χ0v) is 15.5. The monoisotopic (exact) mass is 346 g/mol. The maximum Gasteiger partial charge on any atom is 0.225 e. The van der Waals surface area contributed by atoms with Crippen molar-refractivity contribution in [3.63, 3.8) is 0 Å². The number of anilines is 1. The van der Waals surface area contributed by atoms with Gasteiger partial charge in [0.15, 0.2) is 0 Å². The number of aryl methyl sites for hydroxylation is 1. The molecule has 1 aromatic heterocycles. The second-order valence-electron chi connectivity index (χ2n) is 7.16. The van der Waals surface area contributed by atoms with Crippen molar-refractivity contribution in [3.05, 3.63) is 17.5 Å². The molecule has 1 aromatic rings. The Morgan fingerprint density at radius 1 is 1.20 bits per heavy atom. The number of methoxy groups -OCH3 is 1. The van der Waals surface area contributed by atoms with Gasteiger partial charge < -0.3 is 14.5 Å². The average Bonchev–Trinajstić information content (AvgIpc) is 2.99. The summed E-state index contributed by atoms with van der Waals surface area (Å²) in [5.41, 5.74) is 2.19. The summed E-state index contributed by atoms with van der Waals surface area (Å²) < 4.78 is 5.10. The van der Waals surface area contributed by atoms with E-state index in [4.69, 9.17) is 14.7 Å². The minimum atomic E-state index is 0.239. The normalized spacial score (nSPS) is 21.2. The zero-order chi connectivity index (χ0) is 17.6. The van der Waals surface area contributed by atoms with Crippen LogP contribution < -0.4 is 4.90 Å². The molecule has 6 nitrogen and oxygen atoms in total. The minimum absolute atomic E-state index is 0.239. The van der Waals surface area contributed by atoms with Crippen LogP contribution in [0.1, 0.15) is 44.0 Å². The maximum absolute atomic E-state index is 12.1. The van der Waals surface area contributed by atoms with Gasteiger partial charge in [0.05, 0.1) is 6.61 Å². The molecule has 1 amide bonds. The molecule has 2 saturated heterocycles. The lowest BCUT2D eigenvalue weighted by atomic mass is 10.0. The molecule has 0 aliphatic carbocycles. The fourth-order valence-electron chi connectivity index (χ4n) is 3.76. The molecule has 25 heavy (non-hydrogen) atoms. The van der Waals surface area contributed by atoms with E-state index in [0.717, 1.165) is 49.8 Å². The van der Waals surface area contributed by atoms with Crippen LogP contribution in [0, 0.1) is 5.92 Å². The highest BCUT2D eigenvalue weighted by Gasteiger charge is 2.29. The molecule has 0 aromatic carbocycles. The van der Waals surface area contributed by atoms with Crippen LogP contribution in [-0.2, 0) is 22.4 Å². The van der Waals surface area contributed by atoms with Crippen LogP contribution in [-0.4, -0.2) is 60.7 Å². The van der Waals surface area contributed by atoms with Crippen LogP contribution in [0.2, 0.25) is 0 Å². The van der Waals surface area contributed by atoms with Gasteiger partial charge in [0.1, 0.15) is 0 Å². The van der Waals surface area contributed by atoms with Crippen molar-refractivity contribution >= 4 is 11.9 Å². The van der Waals surface area contributed by atoms with Gasteiger partial charge in [-0.05, 0) is 44.1 Å². The molecule has 0 saturated carbocycles. The number of carbonyl (C=O) groups excluding carboxylic acids is 1. The predicted octanol–water partition coefficient (Wildman–Crippen LogP) is 2.07. The lowest BCUT2D eigenvalue weighted by Gasteiger charge is -2.27. The Morgan fingerprint density at radius 3 is 2.68 bits per heavy atom. The predicted molar refractivity (Wildman–Crippen MR) is 97.7 cm³/mol. The third kappa shape index (κ3) is 4.69. The second-order valence-corrected chi connectivity index (χ2v) is 7.16. The van der Waals surface area contributed by atoms with Crippen molar-refractivity contribution in [1.29, 1.82) is 0 Å². The highest BCUT2D eigenvalue weighted by atomic mass is 16.5. The van der Waals surface area contributed by atoms with E-state index in [9.17, 15) is 4.79 Å². The molecular weight excluding hydrogens is 316 g/mol. The van der Waals surface area contributed by atoms with Gasteiger partial charge in [-0.1, -0.05) is 6.92 Å². The smallest absolute Gasteiger partial charge is 0.225 e. The lowest BCUT2D eigenvalue weighted by molar-refractivity contribution is -0.128. The molecule has 0 N–H and O–H groups in total. The van der Waals surface area contributed by atoms with E-state index in [1.165, 1.54) is 19.3 Å². The van der Waals surface area contributed by atoms with Crippen LogP contribution in [0.5, 0.6) is 0 Å². The average molecular weight is 346 g/mol. The van der Waals surface area contributed by atoms with Gasteiger partial charge in [0.25, 0.3) is 0 Å². The summed E-state index contributed by atoms with van der Waals surface area (Å²) in [5, 5.41) is 0. The molecule has 3 rings (SSSR count). The van der Waals surface area contributed by atoms with Gasteiger partial charge >= 0.3 is 0 Å². The van der Waals surface area contributed by atoms with E-state index in [1.54, 1.807) is 7.11 Å². The molecule has 0 spiro atoms. The number of aromatic nitrogens is 2. The van der Waals surface area contributed by atoms with Gasteiger partial charge in [-0.15, -0.1) is 0 Å². The number of amides is 1. The third-order valence-corrected chi connectivity index (χ3v) is 5.18. The van der Waals surface area contributed by atoms with E-state index in [0.29, 0.717) is 25.5 Å². The Kier molecular flexibility index (Phi) is 6.24. The van der Waals surface area contributed by atoms with Crippen molar-refractivity contribution in [2.24, 2.45) is 5.92 Å². The standard InChI is InChI=1S/C19H30N4O2/c1-3-16-13-17(21-19(20-16)22-7-5-4-6-8-22)11-15-12-18(24)23(14-15)9-10-25-2/h13,15H,3-12,14H2,1-2H3/t15-/m1/s1. The first-order chi connectivity index (χ1) is 12.2. The highest BCUT2D eigenvalue weighted by Crippen LogP contribution is 2.23.